The molecule has 2 heterocycles. The number of hydrogen-bond acceptors (Lipinski definition) is 6. The second-order valence-corrected chi connectivity index (χ2v) is 5.86. The fourth-order valence-electron chi connectivity index (χ4n) is 2.22. The number of carbonyl (C=O) groups excluding carboxylic acids is 2. The van der Waals surface area contributed by atoms with Crippen molar-refractivity contribution >= 4 is 29.3 Å². The smallest absolute Gasteiger partial charge is 0.414 e. The van der Waals surface area contributed by atoms with Crippen LogP contribution >= 0.6 is 11.8 Å². The van der Waals surface area contributed by atoms with Crippen LogP contribution in [0, 0.1) is 10.1 Å². The summed E-state index contributed by atoms with van der Waals surface area (Å²) in [5, 5.41) is 10.6. The van der Waals surface area contributed by atoms with Crippen LogP contribution in [-0.4, -0.2) is 27.3 Å². The van der Waals surface area contributed by atoms with E-state index in [0.717, 1.165) is 4.91 Å². The molecule has 1 fully saturated rings. The van der Waals surface area contributed by atoms with Gasteiger partial charge in [0.05, 0.1) is 4.92 Å². The van der Waals surface area contributed by atoms with Crippen LogP contribution in [0.5, 0.6) is 0 Å². The Kier molecular flexibility index (Phi) is 3.17. The number of nitrogens with zero attached hydrogens (tertiary/aromatic N) is 2. The van der Waals surface area contributed by atoms with Gasteiger partial charge >= 0.3 is 6.09 Å². The van der Waals surface area contributed by atoms with E-state index >= 15 is 0 Å². The summed E-state index contributed by atoms with van der Waals surface area (Å²) in [6.07, 6.45) is -0.432. The van der Waals surface area contributed by atoms with Crippen LogP contribution in [0.15, 0.2) is 34.9 Å². The van der Waals surface area contributed by atoms with Crippen LogP contribution in [0.4, 0.5) is 10.5 Å². The van der Waals surface area contributed by atoms with Gasteiger partial charge in [-0.15, -0.1) is 0 Å². The number of nitro benzene ring substituents is 1. The van der Waals surface area contributed by atoms with Gasteiger partial charge < -0.3 is 4.74 Å². The number of hydrogen-bond donors (Lipinski definition) is 0. The molecule has 3 rings (SSSR count). The van der Waals surface area contributed by atoms with Crippen LogP contribution in [0.25, 0.3) is 0 Å². The van der Waals surface area contributed by atoms with E-state index < -0.39 is 16.6 Å². The lowest BCUT2D eigenvalue weighted by Crippen LogP contribution is -2.50. The molecule has 0 spiro atoms. The molecule has 8 heteroatoms. The Labute approximate surface area is 123 Å². The zero-order valence-corrected chi connectivity index (χ0v) is 11.8. The van der Waals surface area contributed by atoms with E-state index in [4.69, 9.17) is 4.74 Å². The summed E-state index contributed by atoms with van der Waals surface area (Å²) in [4.78, 5) is 35.9. The predicted molar refractivity (Wildman–Crippen MR) is 74.2 cm³/mol. The molecule has 0 radical (unpaired) electrons. The summed E-state index contributed by atoms with van der Waals surface area (Å²) in [5.74, 6) is -0.201. The lowest BCUT2D eigenvalue weighted by Gasteiger charge is -2.34. The average Bonchev–Trinajstić information content (AvgIpc) is 2.70. The molecule has 0 N–H and O–H groups in total. The van der Waals surface area contributed by atoms with Gasteiger partial charge in [0.2, 0.25) is 5.56 Å². The lowest BCUT2D eigenvalue weighted by molar-refractivity contribution is -0.384. The van der Waals surface area contributed by atoms with Gasteiger partial charge in [-0.2, -0.15) is 0 Å². The van der Waals surface area contributed by atoms with Gasteiger partial charge in [0.15, 0.2) is 5.78 Å². The number of carbonyl (C=O) groups is 2. The maximum absolute atomic E-state index is 12.3. The Bertz CT molecular complexity index is 682. The first kappa shape index (κ1) is 13.6. The van der Waals surface area contributed by atoms with Gasteiger partial charge in [-0.3, -0.25) is 14.9 Å². The lowest BCUT2D eigenvalue weighted by atomic mass is 10.1. The minimum absolute atomic E-state index is 0.0237. The summed E-state index contributed by atoms with van der Waals surface area (Å²) < 4.78 is 4.89. The Morgan fingerprint density at radius 3 is 2.67 bits per heavy atom. The summed E-state index contributed by atoms with van der Waals surface area (Å²) in [7, 11) is 0. The number of ether oxygens (including phenoxy) is 1. The van der Waals surface area contributed by atoms with E-state index in [1.54, 1.807) is 19.1 Å². The van der Waals surface area contributed by atoms with Crippen molar-refractivity contribution in [1.29, 1.82) is 0 Å². The second kappa shape index (κ2) is 4.88. The monoisotopic (exact) mass is 306 g/mol. The molecule has 108 valence electrons. The van der Waals surface area contributed by atoms with Crippen molar-refractivity contribution in [3.05, 3.63) is 50.5 Å². The van der Waals surface area contributed by atoms with Crippen LogP contribution in [0.3, 0.4) is 0 Å². The van der Waals surface area contributed by atoms with Crippen molar-refractivity contribution in [2.24, 2.45) is 0 Å². The van der Waals surface area contributed by atoms with E-state index in [9.17, 15) is 19.7 Å². The molecule has 0 unspecified atom stereocenters. The quantitative estimate of drug-likeness (QED) is 0.627. The van der Waals surface area contributed by atoms with Gasteiger partial charge in [-0.25, -0.2) is 9.69 Å². The molecular formula is C13H10N2O5S. The van der Waals surface area contributed by atoms with Crippen molar-refractivity contribution in [1.82, 2.24) is 4.90 Å². The largest absolute Gasteiger partial charge is 0.420 e. The fraction of sp³-hybridized carbons (Fsp3) is 0.231. The van der Waals surface area contributed by atoms with Crippen LogP contribution < -0.4 is 0 Å². The fourth-order valence-corrected chi connectivity index (χ4v) is 3.27. The number of ketones is 1. The van der Waals surface area contributed by atoms with Crippen molar-refractivity contribution in [2.75, 3.05) is 0 Å². The third-order valence-electron chi connectivity index (χ3n) is 3.24. The number of Topliss-reactive ketones (excluding diaryl/α,β-unsaturated/α-hetero) is 1. The number of rotatable bonds is 4. The molecule has 1 atom stereocenters. The molecule has 1 aromatic carbocycles. The van der Waals surface area contributed by atoms with Gasteiger partial charge in [-0.1, -0.05) is 23.9 Å². The Balaban J connectivity index is 1.76. The van der Waals surface area contributed by atoms with Crippen LogP contribution in [0.1, 0.15) is 12.5 Å². The van der Waals surface area contributed by atoms with Crippen molar-refractivity contribution in [3.8, 4) is 0 Å². The molecule has 2 aliphatic heterocycles. The third-order valence-corrected chi connectivity index (χ3v) is 4.29. The molecule has 0 saturated carbocycles. The van der Waals surface area contributed by atoms with Gasteiger partial charge in [0, 0.05) is 23.5 Å². The van der Waals surface area contributed by atoms with E-state index in [2.05, 4.69) is 0 Å². The number of allylic oxidation sites excluding steroid dienone is 2. The van der Waals surface area contributed by atoms with Crippen molar-refractivity contribution in [3.63, 3.8) is 0 Å². The molecule has 1 aromatic rings. The highest BCUT2D eigenvalue weighted by molar-refractivity contribution is 8.03. The summed E-state index contributed by atoms with van der Waals surface area (Å²) in [6, 6.07) is 5.79. The van der Waals surface area contributed by atoms with Crippen LogP contribution in [0.2, 0.25) is 0 Å². The molecule has 21 heavy (non-hydrogen) atoms. The number of non-ortho nitro benzene ring substituents is 1. The predicted octanol–water partition coefficient (Wildman–Crippen LogP) is 2.42. The summed E-state index contributed by atoms with van der Waals surface area (Å²) in [6.45, 7) is 1.77. The zero-order chi connectivity index (χ0) is 15.1. The minimum atomic E-state index is -0.517. The Hall–Kier alpha value is -2.35. The maximum Gasteiger partial charge on any atom is 0.420 e. The first-order valence-electron chi connectivity index (χ1n) is 6.11. The van der Waals surface area contributed by atoms with Gasteiger partial charge in [0.25, 0.3) is 5.69 Å². The molecule has 0 aromatic heterocycles. The van der Waals surface area contributed by atoms with E-state index in [1.165, 1.54) is 28.8 Å². The van der Waals surface area contributed by atoms with Gasteiger partial charge in [0.1, 0.15) is 5.70 Å². The van der Waals surface area contributed by atoms with E-state index in [-0.39, 0.29) is 17.9 Å². The Morgan fingerprint density at radius 2 is 2.10 bits per heavy atom. The first-order chi connectivity index (χ1) is 9.97. The molecule has 7 nitrogen and oxygen atoms in total. The third kappa shape index (κ3) is 2.27. The first-order valence-corrected chi connectivity index (χ1v) is 6.99. The number of amides is 1. The number of nitro groups is 1. The zero-order valence-electron chi connectivity index (χ0n) is 10.9. The number of benzene rings is 1. The van der Waals surface area contributed by atoms with Crippen LogP contribution in [-0.2, 0) is 16.0 Å². The molecule has 0 bridgehead atoms. The van der Waals surface area contributed by atoms with E-state index in [1.807, 2.05) is 0 Å². The van der Waals surface area contributed by atoms with Gasteiger partial charge in [-0.05, 0) is 12.5 Å². The molecule has 0 aliphatic carbocycles. The normalized spacial score (nSPS) is 20.0. The highest BCUT2D eigenvalue weighted by Gasteiger charge is 2.49. The standard InChI is InChI=1S/C13H10N2O5S/c1-7-11(14-12(17)20-13(14)21-7)10(16)6-8-2-4-9(5-3-8)15(18)19/h2-5,13H,6H2,1H3/t13-/m0/s1. The average molecular weight is 306 g/mol. The number of thioether (sulfide) groups is 1. The minimum Gasteiger partial charge on any atom is -0.414 e. The van der Waals surface area contributed by atoms with Crippen molar-refractivity contribution < 1.29 is 19.2 Å². The summed E-state index contributed by atoms with van der Waals surface area (Å²) >= 11 is 1.32. The Morgan fingerprint density at radius 1 is 1.43 bits per heavy atom. The highest BCUT2D eigenvalue weighted by atomic mass is 32.2. The second-order valence-electron chi connectivity index (χ2n) is 4.61. The molecular weight excluding hydrogens is 296 g/mol. The maximum atomic E-state index is 12.3. The molecule has 2 aliphatic rings. The van der Waals surface area contributed by atoms with E-state index in [0.29, 0.717) is 11.3 Å². The van der Waals surface area contributed by atoms with Crippen molar-refractivity contribution in [2.45, 2.75) is 18.9 Å². The topological polar surface area (TPSA) is 89.8 Å². The molecule has 1 saturated heterocycles. The summed E-state index contributed by atoms with van der Waals surface area (Å²) in [5.41, 5.74) is 0.575. The highest BCUT2D eigenvalue weighted by Crippen LogP contribution is 2.44. The molecule has 1 amide bonds. The SMILES string of the molecule is CC1=C(C(=O)Cc2ccc([N+](=O)[O-])cc2)N2C(=O)O[C@H]2S1. The number of fused-ring (bicyclic) bond motifs is 1.